The van der Waals surface area contributed by atoms with E-state index in [1.165, 1.54) is 26.1 Å². The maximum absolute atomic E-state index is 5.06. The Bertz CT molecular complexity index is 1060. The predicted molar refractivity (Wildman–Crippen MR) is 127 cm³/mol. The van der Waals surface area contributed by atoms with Gasteiger partial charge in [-0.1, -0.05) is 17.7 Å². The molecule has 5 nitrogen and oxygen atoms in total. The van der Waals surface area contributed by atoms with E-state index in [4.69, 9.17) is 15.0 Å². The van der Waals surface area contributed by atoms with Crippen molar-refractivity contribution in [3.63, 3.8) is 0 Å². The van der Waals surface area contributed by atoms with Crippen LogP contribution < -0.4 is 5.32 Å². The lowest BCUT2D eigenvalue weighted by atomic mass is 9.85. The number of piperidine rings is 1. The molecule has 2 aromatic rings. The first-order valence-corrected chi connectivity index (χ1v) is 10.5. The van der Waals surface area contributed by atoms with E-state index in [0.717, 1.165) is 43.1 Å². The lowest BCUT2D eigenvalue weighted by Crippen LogP contribution is -2.42. The second kappa shape index (κ2) is 8.11. The third-order valence-electron chi connectivity index (χ3n) is 6.01. The van der Waals surface area contributed by atoms with E-state index >= 15 is 0 Å². The van der Waals surface area contributed by atoms with Crippen LogP contribution in [0, 0.1) is 19.8 Å². The van der Waals surface area contributed by atoms with Crippen LogP contribution in [0.15, 0.2) is 39.3 Å². The Labute approximate surface area is 181 Å². The van der Waals surface area contributed by atoms with Crippen LogP contribution in [0.5, 0.6) is 0 Å². The average Bonchev–Trinajstić information content (AvgIpc) is 3.23. The molecule has 0 saturated carbocycles. The van der Waals surface area contributed by atoms with Crippen molar-refractivity contribution < 1.29 is 5.48 Å². The van der Waals surface area contributed by atoms with E-state index in [-0.39, 0.29) is 23.5 Å². The van der Waals surface area contributed by atoms with Crippen LogP contribution in [0.25, 0.3) is 15.8 Å². The van der Waals surface area contributed by atoms with Crippen molar-refractivity contribution >= 4 is 57.2 Å². The molecule has 7 heteroatoms. The highest BCUT2D eigenvalue weighted by atomic mass is 35.5. The normalized spacial score (nSPS) is 23.6. The molecule has 1 aromatic heterocycles. The summed E-state index contributed by atoms with van der Waals surface area (Å²) < 4.78 is 1.32. The fourth-order valence-electron chi connectivity index (χ4n) is 4.33. The van der Waals surface area contributed by atoms with Crippen LogP contribution in [0.2, 0.25) is 0 Å². The zero-order chi connectivity index (χ0) is 18.6. The first-order valence-electron chi connectivity index (χ1n) is 9.70. The third-order valence-corrected chi connectivity index (χ3v) is 7.30. The number of benzene rings is 1. The van der Waals surface area contributed by atoms with Gasteiger partial charge < -0.3 is 10.8 Å². The summed E-state index contributed by atoms with van der Waals surface area (Å²) in [5.41, 5.74) is 5.19. The summed E-state index contributed by atoms with van der Waals surface area (Å²) in [6.07, 6.45) is 6.36. The molecule has 0 radical (unpaired) electrons. The minimum absolute atomic E-state index is 0. The molecule has 3 N–H and O–H groups in total. The summed E-state index contributed by atoms with van der Waals surface area (Å²) in [6.45, 7) is 8.63. The number of thiophene rings is 1. The van der Waals surface area contributed by atoms with Gasteiger partial charge in [0.15, 0.2) is 5.66 Å². The highest BCUT2D eigenvalue weighted by molar-refractivity contribution is 7.20. The molecule has 1 unspecified atom stereocenters. The number of hydrogen-bond acceptors (Lipinski definition) is 5. The number of nitrogens with zero attached hydrogens (tertiary/aromatic N) is 3. The molecule has 3 aliphatic heterocycles. The molecule has 1 aromatic carbocycles. The minimum atomic E-state index is -0.352. The van der Waals surface area contributed by atoms with E-state index < -0.39 is 0 Å². The molecule has 1 fully saturated rings. The smallest absolute Gasteiger partial charge is 0.151 e. The minimum Gasteiger partial charge on any atom is -0.412 e. The molecular formula is C22H27ClN4OS. The summed E-state index contributed by atoms with van der Waals surface area (Å²) in [6, 6.07) is 6.67. The molecular weight excluding hydrogens is 404 g/mol. The van der Waals surface area contributed by atoms with Crippen molar-refractivity contribution in [2.24, 2.45) is 20.9 Å². The van der Waals surface area contributed by atoms with Gasteiger partial charge in [-0.15, -0.1) is 23.7 Å². The second-order valence-electron chi connectivity index (χ2n) is 7.96. The van der Waals surface area contributed by atoms with E-state index in [1.807, 2.05) is 17.6 Å². The van der Waals surface area contributed by atoms with E-state index in [2.05, 4.69) is 50.4 Å². The summed E-state index contributed by atoms with van der Waals surface area (Å²) in [5, 5.41) is 4.77. The SMILES string of the molecule is Cc1ccc2sc(C3=CC4=NC(C)(C5CCNCC5)N=CC4=N3)c(C)c2c1.Cl.O. The summed E-state index contributed by atoms with van der Waals surface area (Å²) >= 11 is 1.82. The monoisotopic (exact) mass is 430 g/mol. The van der Waals surface area contributed by atoms with Crippen LogP contribution in [0.3, 0.4) is 0 Å². The van der Waals surface area contributed by atoms with Crippen LogP contribution in [0.1, 0.15) is 35.8 Å². The van der Waals surface area contributed by atoms with Gasteiger partial charge in [-0.25, -0.2) is 4.99 Å². The maximum atomic E-state index is 5.06. The second-order valence-corrected chi connectivity index (χ2v) is 9.01. The number of fused-ring (bicyclic) bond motifs is 2. The molecule has 1 saturated heterocycles. The number of aliphatic imine (C=N–C) groups is 3. The largest absolute Gasteiger partial charge is 0.412 e. The number of halogens is 1. The number of rotatable bonds is 2. The molecule has 5 rings (SSSR count). The third kappa shape index (κ3) is 3.70. The number of nitrogens with one attached hydrogen (secondary N) is 1. The Hall–Kier alpha value is -1.86. The van der Waals surface area contributed by atoms with Crippen LogP contribution in [-0.2, 0) is 0 Å². The van der Waals surface area contributed by atoms with Gasteiger partial charge in [-0.2, -0.15) is 0 Å². The zero-order valence-corrected chi connectivity index (χ0v) is 18.6. The Kier molecular flexibility index (Phi) is 6.11. The molecule has 0 amide bonds. The molecule has 154 valence electrons. The van der Waals surface area contributed by atoms with Gasteiger partial charge in [-0.05, 0) is 69.8 Å². The fourth-order valence-corrected chi connectivity index (χ4v) is 5.48. The highest BCUT2D eigenvalue weighted by Gasteiger charge is 2.37. The average molecular weight is 431 g/mol. The maximum Gasteiger partial charge on any atom is 0.151 e. The van der Waals surface area contributed by atoms with Crippen molar-refractivity contribution in [2.45, 2.75) is 39.3 Å². The van der Waals surface area contributed by atoms with Gasteiger partial charge in [0, 0.05) is 10.6 Å². The number of allylic oxidation sites excluding steroid dienone is 1. The standard InChI is InChI=1S/C22H24N4S.ClH.H2O/c1-13-4-5-20-16(10-13)14(2)21(27-20)18-11-17-19(25-18)12-24-22(3,26-17)15-6-8-23-9-7-15;;/h4-5,10-12,15,23H,6-9H2,1-3H3;1H;1H2. The van der Waals surface area contributed by atoms with E-state index in [0.29, 0.717) is 5.92 Å². The molecule has 0 aliphatic carbocycles. The van der Waals surface area contributed by atoms with Gasteiger partial charge in [-0.3, -0.25) is 9.98 Å². The number of aryl methyl sites for hydroxylation is 2. The molecule has 29 heavy (non-hydrogen) atoms. The lowest BCUT2D eigenvalue weighted by molar-refractivity contribution is 0.244. The number of hydrogen-bond donors (Lipinski definition) is 1. The molecule has 4 heterocycles. The predicted octanol–water partition coefficient (Wildman–Crippen LogP) is 4.15. The molecule has 3 aliphatic rings. The zero-order valence-electron chi connectivity index (χ0n) is 17.0. The molecule has 0 bridgehead atoms. The highest BCUT2D eigenvalue weighted by Crippen LogP contribution is 2.39. The summed E-state index contributed by atoms with van der Waals surface area (Å²) in [4.78, 5) is 16.0. The van der Waals surface area contributed by atoms with Crippen molar-refractivity contribution in [2.75, 3.05) is 13.1 Å². The fraction of sp³-hybridized carbons (Fsp3) is 0.409. The van der Waals surface area contributed by atoms with Crippen molar-refractivity contribution in [1.82, 2.24) is 5.32 Å². The summed E-state index contributed by atoms with van der Waals surface area (Å²) in [7, 11) is 0. The Morgan fingerprint density at radius 1 is 1.14 bits per heavy atom. The Balaban J connectivity index is 0.00000120. The van der Waals surface area contributed by atoms with Crippen LogP contribution >= 0.6 is 23.7 Å². The van der Waals surface area contributed by atoms with E-state index in [1.54, 1.807) is 0 Å². The van der Waals surface area contributed by atoms with Gasteiger partial charge in [0.25, 0.3) is 0 Å². The molecule has 0 spiro atoms. The first kappa shape index (κ1) is 21.8. The Morgan fingerprint density at radius 3 is 2.66 bits per heavy atom. The summed E-state index contributed by atoms with van der Waals surface area (Å²) in [5.74, 6) is 0.496. The topological polar surface area (TPSA) is 80.6 Å². The molecule has 1 atom stereocenters. The quantitative estimate of drug-likeness (QED) is 0.762. The van der Waals surface area contributed by atoms with Crippen LogP contribution in [0.4, 0.5) is 0 Å². The van der Waals surface area contributed by atoms with E-state index in [9.17, 15) is 0 Å². The van der Waals surface area contributed by atoms with Gasteiger partial charge >= 0.3 is 0 Å². The van der Waals surface area contributed by atoms with Gasteiger partial charge in [0.2, 0.25) is 0 Å². The Morgan fingerprint density at radius 2 is 1.90 bits per heavy atom. The van der Waals surface area contributed by atoms with Crippen molar-refractivity contribution in [3.05, 3.63) is 40.3 Å². The lowest BCUT2D eigenvalue weighted by Gasteiger charge is -2.35. The van der Waals surface area contributed by atoms with Gasteiger partial charge in [0.1, 0.15) is 5.71 Å². The van der Waals surface area contributed by atoms with Gasteiger partial charge in [0.05, 0.1) is 22.5 Å². The first-order chi connectivity index (χ1) is 13.0. The van der Waals surface area contributed by atoms with Crippen molar-refractivity contribution in [3.8, 4) is 0 Å². The van der Waals surface area contributed by atoms with Crippen molar-refractivity contribution in [1.29, 1.82) is 0 Å². The van der Waals surface area contributed by atoms with Crippen LogP contribution in [-0.4, -0.2) is 41.9 Å².